The summed E-state index contributed by atoms with van der Waals surface area (Å²) in [5, 5.41) is 0. The maximum atomic E-state index is 12.8. The molecule has 0 bridgehead atoms. The molecule has 0 radical (unpaired) electrons. The van der Waals surface area contributed by atoms with Gasteiger partial charge in [-0.05, 0) is 62.8 Å². The summed E-state index contributed by atoms with van der Waals surface area (Å²) in [7, 11) is -3.53. The summed E-state index contributed by atoms with van der Waals surface area (Å²) < 4.78 is 28.5. The Bertz CT molecular complexity index is 612. The first-order chi connectivity index (χ1) is 9.74. The lowest BCUT2D eigenvalue weighted by atomic mass is 9.92. The molecule has 0 aliphatic heterocycles. The lowest BCUT2D eigenvalue weighted by Gasteiger charge is -2.29. The third kappa shape index (κ3) is 3.30. The Hall–Kier alpha value is -0.910. The van der Waals surface area contributed by atoms with Gasteiger partial charge in [0.05, 0.1) is 4.90 Å². The molecule has 1 aromatic carbocycles. The van der Waals surface area contributed by atoms with Crippen LogP contribution in [0.25, 0.3) is 0 Å². The van der Waals surface area contributed by atoms with Crippen LogP contribution in [-0.2, 0) is 10.0 Å². The van der Waals surface area contributed by atoms with Crippen molar-refractivity contribution in [3.63, 3.8) is 0 Å². The fourth-order valence-corrected chi connectivity index (χ4v) is 5.09. The lowest BCUT2D eigenvalue weighted by Crippen LogP contribution is -2.49. The van der Waals surface area contributed by atoms with Gasteiger partial charge in [0.2, 0.25) is 10.0 Å². The van der Waals surface area contributed by atoms with Gasteiger partial charge in [-0.2, -0.15) is 0 Å². The summed E-state index contributed by atoms with van der Waals surface area (Å²) in [5.41, 5.74) is 9.74. The van der Waals surface area contributed by atoms with Gasteiger partial charge in [0.1, 0.15) is 0 Å². The van der Waals surface area contributed by atoms with Crippen molar-refractivity contribution in [2.45, 2.75) is 70.4 Å². The van der Waals surface area contributed by atoms with Gasteiger partial charge in [0.25, 0.3) is 0 Å². The normalized spacial score (nSPS) is 23.3. The molecule has 0 heterocycles. The third-order valence-corrected chi connectivity index (χ3v) is 6.45. The second-order valence-electron chi connectivity index (χ2n) is 6.27. The number of nitrogens with two attached hydrogens (primary N) is 1. The Morgan fingerprint density at radius 1 is 1.05 bits per heavy atom. The molecule has 1 saturated carbocycles. The van der Waals surface area contributed by atoms with Crippen molar-refractivity contribution in [2.24, 2.45) is 5.73 Å². The maximum absolute atomic E-state index is 12.8. The van der Waals surface area contributed by atoms with Crippen LogP contribution >= 0.6 is 0 Å². The van der Waals surface area contributed by atoms with Crippen LogP contribution in [-0.4, -0.2) is 20.5 Å². The molecule has 0 saturated heterocycles. The molecule has 0 unspecified atom stereocenters. The first kappa shape index (κ1) is 16.5. The number of nitrogens with one attached hydrogen (secondary N) is 1. The Balaban J connectivity index is 2.40. The van der Waals surface area contributed by atoms with Crippen LogP contribution in [0.1, 0.15) is 47.9 Å². The van der Waals surface area contributed by atoms with E-state index in [1.54, 1.807) is 0 Å². The van der Waals surface area contributed by atoms with Crippen molar-refractivity contribution in [3.05, 3.63) is 28.3 Å². The summed E-state index contributed by atoms with van der Waals surface area (Å²) in [6.45, 7) is 7.65. The minimum atomic E-state index is -3.53. The van der Waals surface area contributed by atoms with Crippen molar-refractivity contribution < 1.29 is 8.42 Å². The number of benzene rings is 1. The molecule has 1 aliphatic rings. The summed E-state index contributed by atoms with van der Waals surface area (Å²) in [6.07, 6.45) is 3.83. The summed E-state index contributed by atoms with van der Waals surface area (Å²) in [4.78, 5) is 0.428. The van der Waals surface area contributed by atoms with Crippen molar-refractivity contribution in [1.82, 2.24) is 4.72 Å². The molecule has 2 rings (SSSR count). The Labute approximate surface area is 128 Å². The molecular formula is C16H26N2O2S. The predicted octanol–water partition coefficient (Wildman–Crippen LogP) is 2.47. The largest absolute Gasteiger partial charge is 0.326 e. The first-order valence-corrected chi connectivity index (χ1v) is 9.07. The zero-order chi connectivity index (χ0) is 15.8. The topological polar surface area (TPSA) is 72.2 Å². The lowest BCUT2D eigenvalue weighted by molar-refractivity contribution is 0.361. The molecule has 3 N–H and O–H groups in total. The van der Waals surface area contributed by atoms with Crippen molar-refractivity contribution in [2.75, 3.05) is 0 Å². The van der Waals surface area contributed by atoms with Crippen molar-refractivity contribution in [1.29, 1.82) is 0 Å². The van der Waals surface area contributed by atoms with E-state index in [0.29, 0.717) is 4.90 Å². The van der Waals surface area contributed by atoms with Gasteiger partial charge in [-0.25, -0.2) is 13.1 Å². The van der Waals surface area contributed by atoms with Crippen LogP contribution < -0.4 is 10.5 Å². The molecule has 0 amide bonds. The van der Waals surface area contributed by atoms with Crippen LogP contribution in [0.4, 0.5) is 0 Å². The molecule has 1 aliphatic carbocycles. The molecule has 21 heavy (non-hydrogen) atoms. The molecule has 0 aromatic heterocycles. The molecule has 1 aromatic rings. The highest BCUT2D eigenvalue weighted by Gasteiger charge is 2.29. The number of hydrogen-bond acceptors (Lipinski definition) is 3. The number of sulfonamides is 1. The van der Waals surface area contributed by atoms with Crippen LogP contribution in [0, 0.1) is 27.7 Å². The van der Waals surface area contributed by atoms with Gasteiger partial charge in [0.15, 0.2) is 0 Å². The molecule has 4 nitrogen and oxygen atoms in total. The van der Waals surface area contributed by atoms with Gasteiger partial charge in [-0.3, -0.25) is 0 Å². The SMILES string of the molecule is Cc1cc(C)c(C)c(S(=O)(=O)N[C@@H]2CCCC[C@H]2N)c1C. The molecule has 118 valence electrons. The van der Waals surface area contributed by atoms with E-state index in [2.05, 4.69) is 4.72 Å². The Morgan fingerprint density at radius 2 is 1.57 bits per heavy atom. The van der Waals surface area contributed by atoms with Crippen molar-refractivity contribution in [3.8, 4) is 0 Å². The smallest absolute Gasteiger partial charge is 0.241 e. The van der Waals surface area contributed by atoms with E-state index >= 15 is 0 Å². The van der Waals surface area contributed by atoms with Crippen LogP contribution in [0.5, 0.6) is 0 Å². The second kappa shape index (κ2) is 6.07. The zero-order valence-electron chi connectivity index (χ0n) is 13.4. The first-order valence-electron chi connectivity index (χ1n) is 7.59. The number of aryl methyl sites for hydroxylation is 2. The van der Waals surface area contributed by atoms with E-state index in [-0.39, 0.29) is 12.1 Å². The Kier molecular flexibility index (Phi) is 4.76. The highest BCUT2D eigenvalue weighted by Crippen LogP contribution is 2.27. The minimum Gasteiger partial charge on any atom is -0.326 e. The predicted molar refractivity (Wildman–Crippen MR) is 85.9 cm³/mol. The highest BCUT2D eigenvalue weighted by atomic mass is 32.2. The monoisotopic (exact) mass is 310 g/mol. The van der Waals surface area contributed by atoms with E-state index in [0.717, 1.165) is 47.9 Å². The molecule has 1 fully saturated rings. The minimum absolute atomic E-state index is 0.0833. The number of rotatable bonds is 3. The summed E-state index contributed by atoms with van der Waals surface area (Å²) in [5.74, 6) is 0. The average Bonchev–Trinajstić information content (AvgIpc) is 2.39. The number of hydrogen-bond donors (Lipinski definition) is 2. The van der Waals surface area contributed by atoms with Crippen molar-refractivity contribution >= 4 is 10.0 Å². The fourth-order valence-electron chi connectivity index (χ4n) is 3.15. The van der Waals surface area contributed by atoms with Crippen LogP contribution in [0.15, 0.2) is 11.0 Å². The highest BCUT2D eigenvalue weighted by molar-refractivity contribution is 7.89. The average molecular weight is 310 g/mol. The van der Waals surface area contributed by atoms with Crippen LogP contribution in [0.2, 0.25) is 0 Å². The van der Waals surface area contributed by atoms with Gasteiger partial charge in [-0.1, -0.05) is 18.9 Å². The van der Waals surface area contributed by atoms with Gasteiger partial charge < -0.3 is 5.73 Å². The van der Waals surface area contributed by atoms with Crippen LogP contribution in [0.3, 0.4) is 0 Å². The third-order valence-electron chi connectivity index (χ3n) is 4.69. The van der Waals surface area contributed by atoms with E-state index < -0.39 is 10.0 Å². The second-order valence-corrected chi connectivity index (χ2v) is 7.92. The molecular weight excluding hydrogens is 284 g/mol. The standard InChI is InChI=1S/C16H26N2O2S/c1-10-9-11(2)13(4)16(12(10)3)21(19,20)18-15-8-6-5-7-14(15)17/h9,14-15,18H,5-8,17H2,1-4H3/t14-,15-/m1/s1. The molecule has 2 atom stereocenters. The summed E-state index contributed by atoms with van der Waals surface area (Å²) in [6, 6.07) is 1.80. The van der Waals surface area contributed by atoms with E-state index in [9.17, 15) is 8.42 Å². The fraction of sp³-hybridized carbons (Fsp3) is 0.625. The molecule has 5 heteroatoms. The van der Waals surface area contributed by atoms with Gasteiger partial charge >= 0.3 is 0 Å². The van der Waals surface area contributed by atoms with E-state index in [4.69, 9.17) is 5.73 Å². The quantitative estimate of drug-likeness (QED) is 0.901. The van der Waals surface area contributed by atoms with E-state index in [1.807, 2.05) is 33.8 Å². The van der Waals surface area contributed by atoms with Gasteiger partial charge in [-0.15, -0.1) is 0 Å². The summed E-state index contributed by atoms with van der Waals surface area (Å²) >= 11 is 0. The van der Waals surface area contributed by atoms with Gasteiger partial charge in [0, 0.05) is 12.1 Å². The zero-order valence-corrected chi connectivity index (χ0v) is 14.2. The van der Waals surface area contributed by atoms with E-state index in [1.165, 1.54) is 0 Å². The molecule has 0 spiro atoms. The Morgan fingerprint density at radius 3 is 2.10 bits per heavy atom. The maximum Gasteiger partial charge on any atom is 0.241 e.